The largest absolute Gasteiger partial charge is 0.444 e. The van der Waals surface area contributed by atoms with E-state index in [0.29, 0.717) is 0 Å². The lowest BCUT2D eigenvalue weighted by Crippen LogP contribution is -2.36. The number of carbonyl (C=O) groups excluding carboxylic acids is 1. The van der Waals surface area contributed by atoms with Crippen molar-refractivity contribution in [2.75, 3.05) is 26.2 Å². The zero-order valence-electron chi connectivity index (χ0n) is 13.0. The molecule has 0 saturated carbocycles. The van der Waals surface area contributed by atoms with Crippen molar-refractivity contribution in [2.45, 2.75) is 59.0 Å². The van der Waals surface area contributed by atoms with E-state index in [2.05, 4.69) is 17.1 Å². The molecule has 0 aromatic rings. The van der Waals surface area contributed by atoms with Gasteiger partial charge < -0.3 is 15.0 Å². The second-order valence-corrected chi connectivity index (χ2v) is 6.47. The molecular formula is C15H30N2O2. The minimum atomic E-state index is -0.408. The van der Waals surface area contributed by atoms with Gasteiger partial charge in [-0.2, -0.15) is 0 Å². The van der Waals surface area contributed by atoms with Crippen molar-refractivity contribution < 1.29 is 9.53 Å². The number of carbonyl (C=O) groups is 1. The lowest BCUT2D eigenvalue weighted by atomic mass is 9.93. The fourth-order valence-electron chi connectivity index (χ4n) is 2.57. The molecule has 0 aromatic heterocycles. The van der Waals surface area contributed by atoms with Gasteiger partial charge in [0.2, 0.25) is 0 Å². The molecule has 1 aliphatic rings. The van der Waals surface area contributed by atoms with Crippen LogP contribution >= 0.6 is 0 Å². The number of piperidine rings is 1. The van der Waals surface area contributed by atoms with Gasteiger partial charge >= 0.3 is 6.09 Å². The van der Waals surface area contributed by atoms with E-state index in [1.807, 2.05) is 20.8 Å². The van der Waals surface area contributed by atoms with Crippen molar-refractivity contribution in [3.8, 4) is 0 Å². The summed E-state index contributed by atoms with van der Waals surface area (Å²) in [5.41, 5.74) is -0.408. The molecule has 1 amide bonds. The van der Waals surface area contributed by atoms with E-state index < -0.39 is 5.60 Å². The second kappa shape index (κ2) is 7.73. The first kappa shape index (κ1) is 16.3. The van der Waals surface area contributed by atoms with E-state index >= 15 is 0 Å². The summed E-state index contributed by atoms with van der Waals surface area (Å²) in [4.78, 5) is 14.0. The third-order valence-electron chi connectivity index (χ3n) is 3.51. The van der Waals surface area contributed by atoms with E-state index in [9.17, 15) is 4.79 Å². The summed E-state index contributed by atoms with van der Waals surface area (Å²) < 4.78 is 5.21. The number of alkyl carbamates (subject to hydrolysis) is 1. The topological polar surface area (TPSA) is 41.6 Å². The molecule has 0 radical (unpaired) electrons. The van der Waals surface area contributed by atoms with Crippen LogP contribution in [0.5, 0.6) is 0 Å². The lowest BCUT2D eigenvalue weighted by Gasteiger charge is -2.31. The average Bonchev–Trinajstić information content (AvgIpc) is 2.33. The van der Waals surface area contributed by atoms with Gasteiger partial charge in [0.25, 0.3) is 0 Å². The maximum Gasteiger partial charge on any atom is 0.407 e. The molecule has 1 atom stereocenters. The minimum Gasteiger partial charge on any atom is -0.444 e. The van der Waals surface area contributed by atoms with Crippen molar-refractivity contribution >= 4 is 6.09 Å². The minimum absolute atomic E-state index is 0.300. The van der Waals surface area contributed by atoms with Crippen LogP contribution in [0.15, 0.2) is 0 Å². The van der Waals surface area contributed by atoms with Crippen LogP contribution in [0.4, 0.5) is 4.79 Å². The molecule has 1 saturated heterocycles. The normalized spacial score (nSPS) is 21.2. The zero-order chi connectivity index (χ0) is 14.3. The van der Waals surface area contributed by atoms with Crippen LogP contribution in [0.2, 0.25) is 0 Å². The number of ether oxygens (including phenoxy) is 1. The molecule has 19 heavy (non-hydrogen) atoms. The van der Waals surface area contributed by atoms with Crippen molar-refractivity contribution in [1.29, 1.82) is 0 Å². The quantitative estimate of drug-likeness (QED) is 0.781. The number of nitrogens with zero attached hydrogens (tertiary/aromatic N) is 1. The smallest absolute Gasteiger partial charge is 0.407 e. The molecule has 1 rings (SSSR count). The number of nitrogens with one attached hydrogen (secondary N) is 1. The third-order valence-corrected chi connectivity index (χ3v) is 3.51. The van der Waals surface area contributed by atoms with Gasteiger partial charge in [-0.25, -0.2) is 4.79 Å². The van der Waals surface area contributed by atoms with Crippen LogP contribution in [0, 0.1) is 5.92 Å². The summed E-state index contributed by atoms with van der Waals surface area (Å²) in [6, 6.07) is 0. The molecule has 1 fully saturated rings. The van der Waals surface area contributed by atoms with Crippen LogP contribution in [0.1, 0.15) is 53.4 Å². The first-order chi connectivity index (χ1) is 8.90. The Bertz CT molecular complexity index is 274. The number of hydrogen-bond acceptors (Lipinski definition) is 3. The molecule has 4 nitrogen and oxygen atoms in total. The number of amides is 1. The van der Waals surface area contributed by atoms with Gasteiger partial charge in [-0.3, -0.25) is 0 Å². The molecule has 1 heterocycles. The predicted octanol–water partition coefficient (Wildman–Crippen LogP) is 3.02. The number of rotatable bonds is 5. The molecule has 4 heteroatoms. The summed E-state index contributed by atoms with van der Waals surface area (Å²) in [5, 5.41) is 2.83. The molecule has 1 unspecified atom stereocenters. The summed E-state index contributed by atoms with van der Waals surface area (Å²) >= 11 is 0. The van der Waals surface area contributed by atoms with Gasteiger partial charge in [-0.15, -0.1) is 0 Å². The first-order valence-corrected chi connectivity index (χ1v) is 7.60. The van der Waals surface area contributed by atoms with E-state index in [4.69, 9.17) is 4.74 Å². The Morgan fingerprint density at radius 1 is 1.42 bits per heavy atom. The number of likely N-dealkylation sites (tertiary alicyclic amines) is 1. The van der Waals surface area contributed by atoms with E-state index in [1.165, 1.54) is 32.4 Å². The maximum atomic E-state index is 11.5. The van der Waals surface area contributed by atoms with Crippen molar-refractivity contribution in [3.63, 3.8) is 0 Å². The van der Waals surface area contributed by atoms with Crippen molar-refractivity contribution in [2.24, 2.45) is 5.92 Å². The maximum absolute atomic E-state index is 11.5. The Kier molecular flexibility index (Phi) is 6.63. The van der Waals surface area contributed by atoms with Gasteiger partial charge in [-0.05, 0) is 65.5 Å². The van der Waals surface area contributed by atoms with E-state index in [1.54, 1.807) is 0 Å². The summed E-state index contributed by atoms with van der Waals surface area (Å²) in [6.45, 7) is 12.2. The first-order valence-electron chi connectivity index (χ1n) is 7.60. The van der Waals surface area contributed by atoms with E-state index in [-0.39, 0.29) is 6.09 Å². The Hall–Kier alpha value is -0.770. The zero-order valence-corrected chi connectivity index (χ0v) is 13.0. The predicted molar refractivity (Wildman–Crippen MR) is 78.3 cm³/mol. The standard InChI is InChI=1S/C15H30N2O2/c1-5-17-11-7-9-13(12-17)8-6-10-16-14(18)19-15(2,3)4/h13H,5-12H2,1-4H3,(H,16,18). The molecule has 0 bridgehead atoms. The van der Waals surface area contributed by atoms with Gasteiger partial charge in [0.05, 0.1) is 0 Å². The molecule has 0 aliphatic carbocycles. The number of hydrogen-bond donors (Lipinski definition) is 1. The Morgan fingerprint density at radius 2 is 2.16 bits per heavy atom. The molecule has 1 aliphatic heterocycles. The van der Waals surface area contributed by atoms with Crippen molar-refractivity contribution in [3.05, 3.63) is 0 Å². The highest BCUT2D eigenvalue weighted by molar-refractivity contribution is 5.67. The molecule has 112 valence electrons. The summed E-state index contributed by atoms with van der Waals surface area (Å²) in [7, 11) is 0. The monoisotopic (exact) mass is 270 g/mol. The van der Waals surface area contributed by atoms with E-state index in [0.717, 1.165) is 25.4 Å². The van der Waals surface area contributed by atoms with Gasteiger partial charge in [0, 0.05) is 13.1 Å². The summed E-state index contributed by atoms with van der Waals surface area (Å²) in [5.74, 6) is 0.800. The SMILES string of the molecule is CCN1CCCC(CCCNC(=O)OC(C)(C)C)C1. The van der Waals surface area contributed by atoms with Gasteiger partial charge in [-0.1, -0.05) is 6.92 Å². The fraction of sp³-hybridized carbons (Fsp3) is 0.933. The Labute approximate surface area is 117 Å². The molecule has 1 N–H and O–H groups in total. The van der Waals surface area contributed by atoms with Crippen molar-refractivity contribution in [1.82, 2.24) is 10.2 Å². The van der Waals surface area contributed by atoms with Crippen LogP contribution in [-0.4, -0.2) is 42.8 Å². The van der Waals surface area contributed by atoms with Crippen LogP contribution < -0.4 is 5.32 Å². The molecule has 0 spiro atoms. The second-order valence-electron chi connectivity index (χ2n) is 6.47. The third kappa shape index (κ3) is 7.41. The lowest BCUT2D eigenvalue weighted by molar-refractivity contribution is 0.0525. The Morgan fingerprint density at radius 3 is 2.79 bits per heavy atom. The highest BCUT2D eigenvalue weighted by Gasteiger charge is 2.19. The molecular weight excluding hydrogens is 240 g/mol. The van der Waals surface area contributed by atoms with Crippen LogP contribution in [-0.2, 0) is 4.74 Å². The highest BCUT2D eigenvalue weighted by Crippen LogP contribution is 2.20. The average molecular weight is 270 g/mol. The van der Waals surface area contributed by atoms with Crippen LogP contribution in [0.25, 0.3) is 0 Å². The summed E-state index contributed by atoms with van der Waals surface area (Å²) in [6.07, 6.45) is 4.60. The van der Waals surface area contributed by atoms with Gasteiger partial charge in [0.1, 0.15) is 5.60 Å². The molecule has 0 aromatic carbocycles. The highest BCUT2D eigenvalue weighted by atomic mass is 16.6. The fourth-order valence-corrected chi connectivity index (χ4v) is 2.57. The van der Waals surface area contributed by atoms with Crippen LogP contribution in [0.3, 0.4) is 0 Å². The van der Waals surface area contributed by atoms with Gasteiger partial charge in [0.15, 0.2) is 0 Å². The Balaban J connectivity index is 2.09.